The number of benzene rings is 1. The van der Waals surface area contributed by atoms with Gasteiger partial charge >= 0.3 is 13.7 Å². The van der Waals surface area contributed by atoms with Crippen molar-refractivity contribution in [3.05, 3.63) is 65.5 Å². The minimum atomic E-state index is -4.25. The molecule has 0 saturated carbocycles. The molecule has 6 atom stereocenters. The highest BCUT2D eigenvalue weighted by molar-refractivity contribution is 7.52. The van der Waals surface area contributed by atoms with Gasteiger partial charge in [-0.2, -0.15) is 5.09 Å². The zero-order valence-corrected chi connectivity index (χ0v) is 22.3. The van der Waals surface area contributed by atoms with Gasteiger partial charge in [-0.3, -0.25) is 14.1 Å². The van der Waals surface area contributed by atoms with Gasteiger partial charge in [-0.15, -0.1) is 0 Å². The number of azide groups is 1. The maximum absolute atomic E-state index is 13.7. The van der Waals surface area contributed by atoms with Crippen molar-refractivity contribution in [1.29, 1.82) is 0 Å². The lowest BCUT2D eigenvalue weighted by molar-refractivity contribution is -0.149. The summed E-state index contributed by atoms with van der Waals surface area (Å²) in [4.78, 5) is 28.2. The number of rotatable bonds is 11. The van der Waals surface area contributed by atoms with Crippen molar-refractivity contribution in [2.24, 2.45) is 5.11 Å². The van der Waals surface area contributed by atoms with Gasteiger partial charge < -0.3 is 29.3 Å². The summed E-state index contributed by atoms with van der Waals surface area (Å²) in [5, 5.41) is 19.9. The van der Waals surface area contributed by atoms with Gasteiger partial charge in [-0.05, 0) is 45.4 Å². The quantitative estimate of drug-likeness (QED) is 0.122. The highest BCUT2D eigenvalue weighted by Crippen LogP contribution is 2.47. The van der Waals surface area contributed by atoms with E-state index in [2.05, 4.69) is 27.0 Å². The fraction of sp³-hybridized carbons (Fsp3) is 0.478. The van der Waals surface area contributed by atoms with Crippen LogP contribution in [0, 0.1) is 0 Å². The standard InChI is InChI=1S/C23H31N6O8P/c1-14(2)35-21(32)15(3)26-38(33,37-17-9-7-6-8-10-17)34-13-18-20(31)23(5,27-28-24)22(36-18)29-12-11-19(30)25-16(29)4/h6-12,14-15,18,20,22,31H,4,13H2,1-3,5H3,(H,25,30)(H,26,33)/t15-,18-,20-,22-,23-,38-/m1/s1. The van der Waals surface area contributed by atoms with E-state index in [1.807, 2.05) is 0 Å². The molecule has 3 rings (SSSR count). The smallest absolute Gasteiger partial charge is 0.459 e. The number of nitrogens with zero attached hydrogens (tertiary/aromatic N) is 4. The molecule has 14 nitrogen and oxygen atoms in total. The van der Waals surface area contributed by atoms with Gasteiger partial charge in [0.1, 0.15) is 35.5 Å². The summed E-state index contributed by atoms with van der Waals surface area (Å²) in [6.07, 6.45) is -1.51. The molecule has 2 aliphatic rings. The van der Waals surface area contributed by atoms with E-state index in [0.29, 0.717) is 0 Å². The Labute approximate surface area is 219 Å². The monoisotopic (exact) mass is 550 g/mol. The Kier molecular flexibility index (Phi) is 9.21. The molecule has 0 aromatic heterocycles. The second kappa shape index (κ2) is 12.0. The Morgan fingerprint density at radius 3 is 2.68 bits per heavy atom. The first-order valence-corrected chi connectivity index (χ1v) is 13.3. The lowest BCUT2D eigenvalue weighted by Crippen LogP contribution is -2.52. The van der Waals surface area contributed by atoms with Crippen molar-refractivity contribution in [3.8, 4) is 5.75 Å². The molecule has 0 unspecified atom stereocenters. The number of carbonyl (C=O) groups excluding carboxylic acids is 2. The van der Waals surface area contributed by atoms with E-state index >= 15 is 0 Å². The summed E-state index contributed by atoms with van der Waals surface area (Å²) in [6, 6.07) is 7.08. The van der Waals surface area contributed by atoms with Crippen LogP contribution in [-0.2, 0) is 28.2 Å². The van der Waals surface area contributed by atoms with E-state index in [-0.39, 0.29) is 11.6 Å². The SMILES string of the molecule is C=C1NC(=O)C=CN1[C@@H]1O[C@H](CO[P@](=O)(N[C@H](C)C(=O)OC(C)C)Oc2ccccc2)[C@@H](O)[C@@]1(C)N=[N+]=[N-]. The summed E-state index contributed by atoms with van der Waals surface area (Å²) in [7, 11) is -4.25. The molecule has 2 heterocycles. The molecule has 1 aromatic carbocycles. The van der Waals surface area contributed by atoms with E-state index in [0.717, 1.165) is 0 Å². The third-order valence-electron chi connectivity index (χ3n) is 5.67. The highest BCUT2D eigenvalue weighted by Gasteiger charge is 2.56. The van der Waals surface area contributed by atoms with Gasteiger partial charge in [0.2, 0.25) is 0 Å². The molecule has 1 amide bonds. The van der Waals surface area contributed by atoms with Gasteiger partial charge in [0.25, 0.3) is 5.91 Å². The molecular weight excluding hydrogens is 519 g/mol. The van der Waals surface area contributed by atoms with E-state index in [4.69, 9.17) is 18.5 Å². The molecule has 15 heteroatoms. The Hall–Kier alpha value is -3.38. The summed E-state index contributed by atoms with van der Waals surface area (Å²) >= 11 is 0. The lowest BCUT2D eigenvalue weighted by atomic mass is 9.92. The number of ether oxygens (including phenoxy) is 2. The van der Waals surface area contributed by atoms with E-state index in [9.17, 15) is 24.8 Å². The number of aliphatic hydroxyl groups excluding tert-OH is 1. The maximum atomic E-state index is 13.7. The van der Waals surface area contributed by atoms with Crippen molar-refractivity contribution < 1.29 is 37.8 Å². The minimum absolute atomic E-state index is 0.132. The number of nitrogens with one attached hydrogen (secondary N) is 2. The molecular formula is C23H31N6O8P. The van der Waals surface area contributed by atoms with Gasteiger partial charge in [-0.25, -0.2) is 4.57 Å². The first-order chi connectivity index (χ1) is 17.9. The minimum Gasteiger partial charge on any atom is -0.462 e. The number of aliphatic hydroxyl groups is 1. The molecule has 0 aliphatic carbocycles. The van der Waals surface area contributed by atoms with Crippen molar-refractivity contribution >= 4 is 19.6 Å². The second-order valence-corrected chi connectivity index (χ2v) is 10.8. The Morgan fingerprint density at radius 1 is 1.39 bits per heavy atom. The molecule has 1 aromatic rings. The van der Waals surface area contributed by atoms with Crippen LogP contribution >= 0.6 is 7.75 Å². The number of esters is 1. The zero-order chi connectivity index (χ0) is 28.1. The molecule has 38 heavy (non-hydrogen) atoms. The molecule has 1 saturated heterocycles. The van der Waals surface area contributed by atoms with Crippen molar-refractivity contribution in [1.82, 2.24) is 15.3 Å². The third kappa shape index (κ3) is 6.73. The van der Waals surface area contributed by atoms with Crippen molar-refractivity contribution in [3.63, 3.8) is 0 Å². The van der Waals surface area contributed by atoms with Crippen LogP contribution in [0.2, 0.25) is 0 Å². The maximum Gasteiger partial charge on any atom is 0.459 e. The predicted octanol–water partition coefficient (Wildman–Crippen LogP) is 2.69. The summed E-state index contributed by atoms with van der Waals surface area (Å²) < 4.78 is 36.1. The normalized spacial score (nSPS) is 27.3. The molecule has 2 aliphatic heterocycles. The predicted molar refractivity (Wildman–Crippen MR) is 135 cm³/mol. The van der Waals surface area contributed by atoms with Gasteiger partial charge in [-0.1, -0.05) is 29.9 Å². The molecule has 1 fully saturated rings. The number of carbonyl (C=O) groups is 2. The zero-order valence-electron chi connectivity index (χ0n) is 21.4. The molecule has 0 bridgehead atoms. The number of para-hydroxylation sites is 1. The fourth-order valence-electron chi connectivity index (χ4n) is 3.79. The van der Waals surface area contributed by atoms with Gasteiger partial charge in [0.05, 0.1) is 18.8 Å². The van der Waals surface area contributed by atoms with Crippen molar-refractivity contribution in [2.45, 2.75) is 63.8 Å². The van der Waals surface area contributed by atoms with Gasteiger partial charge in [0.15, 0.2) is 0 Å². The molecule has 3 N–H and O–H groups in total. The van der Waals surface area contributed by atoms with Crippen LogP contribution in [0.4, 0.5) is 0 Å². The average Bonchev–Trinajstić information content (AvgIpc) is 3.08. The summed E-state index contributed by atoms with van der Waals surface area (Å²) in [6.45, 7) is 9.52. The topological polar surface area (TPSA) is 184 Å². The van der Waals surface area contributed by atoms with Crippen LogP contribution in [0.15, 0.2) is 60.1 Å². The molecule has 206 valence electrons. The Bertz CT molecular complexity index is 1170. The summed E-state index contributed by atoms with van der Waals surface area (Å²) in [5.41, 5.74) is 7.60. The average molecular weight is 551 g/mol. The third-order valence-corrected chi connectivity index (χ3v) is 7.31. The van der Waals surface area contributed by atoms with E-state index in [1.54, 1.807) is 44.2 Å². The van der Waals surface area contributed by atoms with E-state index < -0.39 is 62.4 Å². The fourth-order valence-corrected chi connectivity index (χ4v) is 5.30. The van der Waals surface area contributed by atoms with Crippen LogP contribution in [0.5, 0.6) is 5.75 Å². The first-order valence-electron chi connectivity index (χ1n) is 11.7. The van der Waals surface area contributed by atoms with Crippen LogP contribution in [0.1, 0.15) is 27.7 Å². The number of hydrogen-bond acceptors (Lipinski definition) is 10. The van der Waals surface area contributed by atoms with Crippen LogP contribution in [-0.4, -0.2) is 64.6 Å². The Balaban J connectivity index is 1.83. The van der Waals surface area contributed by atoms with Gasteiger partial charge in [0, 0.05) is 17.2 Å². The summed E-state index contributed by atoms with van der Waals surface area (Å²) in [5.74, 6) is -0.757. The molecule has 0 spiro atoms. The van der Waals surface area contributed by atoms with Crippen molar-refractivity contribution in [2.75, 3.05) is 6.61 Å². The first kappa shape index (κ1) is 29.2. The largest absolute Gasteiger partial charge is 0.462 e. The van der Waals surface area contributed by atoms with Crippen LogP contribution in [0.25, 0.3) is 10.4 Å². The molecule has 0 radical (unpaired) electrons. The van der Waals surface area contributed by atoms with Crippen LogP contribution in [0.3, 0.4) is 0 Å². The lowest BCUT2D eigenvalue weighted by Gasteiger charge is -2.37. The van der Waals surface area contributed by atoms with E-state index in [1.165, 1.54) is 31.0 Å². The van der Waals surface area contributed by atoms with Crippen LogP contribution < -0.4 is 14.9 Å². The second-order valence-electron chi connectivity index (χ2n) is 9.08. The highest BCUT2D eigenvalue weighted by atomic mass is 31.2. The Morgan fingerprint density at radius 2 is 2.08 bits per heavy atom. The number of hydrogen-bond donors (Lipinski definition) is 3. The number of amides is 1.